The fourth-order valence-corrected chi connectivity index (χ4v) is 8.52. The molecule has 0 radical (unpaired) electrons. The Morgan fingerprint density at radius 2 is 1.77 bits per heavy atom. The van der Waals surface area contributed by atoms with Gasteiger partial charge in [-0.25, -0.2) is 8.78 Å². The van der Waals surface area contributed by atoms with Crippen LogP contribution in [0.3, 0.4) is 0 Å². The van der Waals surface area contributed by atoms with Gasteiger partial charge in [0.25, 0.3) is 0 Å². The van der Waals surface area contributed by atoms with Gasteiger partial charge in [0.15, 0.2) is 5.82 Å². The normalized spacial score (nSPS) is 26.2. The predicted octanol–water partition coefficient (Wildman–Crippen LogP) is 5.09. The fourth-order valence-electron chi connectivity index (χ4n) is 8.52. The number of terminal acetylenes is 1. The molecule has 47 heavy (non-hydrogen) atoms. The first kappa shape index (κ1) is 29.1. The molecule has 0 amide bonds. The van der Waals surface area contributed by atoms with Crippen molar-refractivity contribution in [3.8, 4) is 35.2 Å². The van der Waals surface area contributed by atoms with Crippen LogP contribution < -0.4 is 15.0 Å². The van der Waals surface area contributed by atoms with Crippen molar-refractivity contribution >= 4 is 27.5 Å². The molecule has 1 saturated carbocycles. The number of ether oxygens (including phenoxy) is 2. The lowest BCUT2D eigenvalue weighted by Crippen LogP contribution is -2.51. The minimum absolute atomic E-state index is 0.0181. The highest BCUT2D eigenvalue weighted by molar-refractivity contribution is 6.04. The molecule has 2 N–H and O–H groups in total. The van der Waals surface area contributed by atoms with E-state index in [1.165, 1.54) is 24.3 Å². The number of anilines is 1. The van der Waals surface area contributed by atoms with Crippen LogP contribution in [0, 0.1) is 41.2 Å². The van der Waals surface area contributed by atoms with Crippen molar-refractivity contribution in [3.05, 3.63) is 53.6 Å². The Morgan fingerprint density at radius 1 is 1.00 bits per heavy atom. The van der Waals surface area contributed by atoms with E-state index in [-0.39, 0.29) is 33.8 Å². The highest BCUT2D eigenvalue weighted by Gasteiger charge is 2.48. The van der Waals surface area contributed by atoms with Crippen molar-refractivity contribution in [2.75, 3.05) is 57.4 Å². The number of aromatic hydroxyl groups is 1. The van der Waals surface area contributed by atoms with Gasteiger partial charge in [0.1, 0.15) is 22.9 Å². The van der Waals surface area contributed by atoms with E-state index in [2.05, 4.69) is 26.0 Å². The SMILES string of the molecule is C#Cc1c(F)ccc2cc(O)cc(-c3ccc4c(N5CC6CCC(C5)N6)nc(OCC5(CN6C[C@H]7COC[C@H]7C6)CC5)nc4c3F)c12. The van der Waals surface area contributed by atoms with Gasteiger partial charge in [0.05, 0.1) is 25.4 Å². The number of nitrogens with zero attached hydrogens (tertiary/aromatic N) is 4. The van der Waals surface area contributed by atoms with Gasteiger partial charge in [-0.3, -0.25) is 0 Å². The van der Waals surface area contributed by atoms with E-state index in [0.717, 1.165) is 71.6 Å². The molecule has 242 valence electrons. The van der Waals surface area contributed by atoms with Crippen LogP contribution in [-0.4, -0.2) is 84.6 Å². The minimum atomic E-state index is -0.597. The zero-order valence-corrected chi connectivity index (χ0v) is 26.1. The Balaban J connectivity index is 1.11. The van der Waals surface area contributed by atoms with Crippen LogP contribution in [0.4, 0.5) is 14.6 Å². The summed E-state index contributed by atoms with van der Waals surface area (Å²) in [4.78, 5) is 14.4. The Morgan fingerprint density at radius 3 is 2.49 bits per heavy atom. The summed E-state index contributed by atoms with van der Waals surface area (Å²) in [6.07, 6.45) is 10.1. The van der Waals surface area contributed by atoms with E-state index in [0.29, 0.717) is 58.1 Å². The fraction of sp³-hybridized carbons (Fsp3) is 0.459. The van der Waals surface area contributed by atoms with Gasteiger partial charge in [-0.1, -0.05) is 18.1 Å². The summed E-state index contributed by atoms with van der Waals surface area (Å²) in [6, 6.07) is 10.0. The van der Waals surface area contributed by atoms with Crippen molar-refractivity contribution < 1.29 is 23.4 Å². The third-order valence-corrected chi connectivity index (χ3v) is 11.1. The van der Waals surface area contributed by atoms with Gasteiger partial charge < -0.3 is 29.7 Å². The van der Waals surface area contributed by atoms with Gasteiger partial charge in [-0.05, 0) is 60.9 Å². The molecule has 2 unspecified atom stereocenters. The maximum absolute atomic E-state index is 16.9. The number of halogens is 2. The lowest BCUT2D eigenvalue weighted by molar-refractivity contribution is 0.131. The molecule has 4 saturated heterocycles. The van der Waals surface area contributed by atoms with Crippen molar-refractivity contribution in [1.29, 1.82) is 0 Å². The van der Waals surface area contributed by atoms with E-state index in [4.69, 9.17) is 20.9 Å². The number of piperazine rings is 1. The second-order valence-electron chi connectivity index (χ2n) is 14.4. The number of hydrogen-bond donors (Lipinski definition) is 2. The molecule has 5 fully saturated rings. The molecule has 4 aliphatic heterocycles. The van der Waals surface area contributed by atoms with Gasteiger partial charge in [-0.2, -0.15) is 9.97 Å². The zero-order chi connectivity index (χ0) is 31.9. The first-order valence-corrected chi connectivity index (χ1v) is 16.7. The largest absolute Gasteiger partial charge is 0.508 e. The number of nitrogens with one attached hydrogen (secondary N) is 1. The number of benzene rings is 3. The lowest BCUT2D eigenvalue weighted by atomic mass is 9.93. The lowest BCUT2D eigenvalue weighted by Gasteiger charge is -2.34. The molecule has 0 spiro atoms. The third-order valence-electron chi connectivity index (χ3n) is 11.1. The number of rotatable bonds is 7. The summed E-state index contributed by atoms with van der Waals surface area (Å²) in [6.45, 7) is 6.81. The van der Waals surface area contributed by atoms with Crippen LogP contribution >= 0.6 is 0 Å². The number of fused-ring (bicyclic) bond motifs is 5. The summed E-state index contributed by atoms with van der Waals surface area (Å²) >= 11 is 0. The second kappa shape index (κ2) is 11.0. The van der Waals surface area contributed by atoms with Crippen LogP contribution in [0.2, 0.25) is 0 Å². The molecule has 3 aromatic carbocycles. The van der Waals surface area contributed by atoms with Gasteiger partial charge in [-0.15, -0.1) is 6.42 Å². The van der Waals surface area contributed by atoms with Crippen LogP contribution in [0.5, 0.6) is 11.8 Å². The summed E-state index contributed by atoms with van der Waals surface area (Å²) in [5, 5.41) is 15.7. The Bertz CT molecular complexity index is 1930. The monoisotopic (exact) mass is 637 g/mol. The molecule has 1 aromatic heterocycles. The van der Waals surface area contributed by atoms with E-state index in [9.17, 15) is 9.50 Å². The average molecular weight is 638 g/mol. The molecule has 2 bridgehead atoms. The average Bonchev–Trinajstić information content (AvgIpc) is 3.30. The maximum Gasteiger partial charge on any atom is 0.319 e. The number of phenolic OH excluding ortho intramolecular Hbond substituents is 1. The predicted molar refractivity (Wildman–Crippen MR) is 176 cm³/mol. The summed E-state index contributed by atoms with van der Waals surface area (Å²) in [5.41, 5.74) is 0.652. The van der Waals surface area contributed by atoms with Gasteiger partial charge in [0, 0.05) is 78.4 Å². The standard InChI is InChI=1S/C37H37F2N5O3/c1-2-27-31(38)8-3-21-11-26(45)12-30(32(21)27)28-6-7-29-34(33(28)39)41-36(42-35(29)44-15-24-4-5-25(16-44)40-24)47-20-37(9-10-37)19-43-13-22-17-46-18-23(22)14-43/h1,3,6-8,11-12,22-25,40,45H,4-5,9-10,13-20H2/t22-,23+,24?,25?. The van der Waals surface area contributed by atoms with Crippen LogP contribution in [0.15, 0.2) is 36.4 Å². The maximum atomic E-state index is 16.9. The summed E-state index contributed by atoms with van der Waals surface area (Å²) < 4.78 is 43.8. The number of likely N-dealkylation sites (tertiary alicyclic amines) is 1. The van der Waals surface area contributed by atoms with Crippen LogP contribution in [-0.2, 0) is 4.74 Å². The third kappa shape index (κ3) is 5.07. The van der Waals surface area contributed by atoms with Gasteiger partial charge in [0.2, 0.25) is 0 Å². The van der Waals surface area contributed by atoms with E-state index in [1.807, 2.05) is 6.07 Å². The van der Waals surface area contributed by atoms with E-state index < -0.39 is 11.6 Å². The summed E-state index contributed by atoms with van der Waals surface area (Å²) in [7, 11) is 0. The molecule has 4 atom stereocenters. The van der Waals surface area contributed by atoms with Gasteiger partial charge >= 0.3 is 6.01 Å². The summed E-state index contributed by atoms with van der Waals surface area (Å²) in [5.74, 6) is 3.08. The molecule has 5 aliphatic rings. The quantitative estimate of drug-likeness (QED) is 0.271. The molecule has 1 aliphatic carbocycles. The van der Waals surface area contributed by atoms with Crippen LogP contribution in [0.1, 0.15) is 31.2 Å². The molecular formula is C37H37F2N5O3. The minimum Gasteiger partial charge on any atom is -0.508 e. The van der Waals surface area contributed by atoms with Crippen LogP contribution in [0.25, 0.3) is 32.8 Å². The number of phenols is 1. The van der Waals surface area contributed by atoms with E-state index in [1.54, 1.807) is 6.07 Å². The molecule has 9 rings (SSSR count). The van der Waals surface area contributed by atoms with Crippen molar-refractivity contribution in [2.24, 2.45) is 17.3 Å². The molecule has 5 heterocycles. The highest BCUT2D eigenvalue weighted by Crippen LogP contribution is 2.48. The zero-order valence-electron chi connectivity index (χ0n) is 26.1. The number of hydrogen-bond acceptors (Lipinski definition) is 8. The first-order chi connectivity index (χ1) is 22.9. The highest BCUT2D eigenvalue weighted by atomic mass is 19.1. The topological polar surface area (TPSA) is 83.0 Å². The Kier molecular flexibility index (Phi) is 6.82. The van der Waals surface area contributed by atoms with E-state index >= 15 is 4.39 Å². The molecule has 8 nitrogen and oxygen atoms in total. The Hall–Kier alpha value is -4.04. The first-order valence-electron chi connectivity index (χ1n) is 16.7. The molecule has 10 heteroatoms. The number of aromatic nitrogens is 2. The molecule has 4 aromatic rings. The molecular weight excluding hydrogens is 600 g/mol. The van der Waals surface area contributed by atoms with Crippen molar-refractivity contribution in [2.45, 2.75) is 37.8 Å². The second-order valence-corrected chi connectivity index (χ2v) is 14.4. The van der Waals surface area contributed by atoms with Crippen molar-refractivity contribution in [3.63, 3.8) is 0 Å². The van der Waals surface area contributed by atoms with Crippen molar-refractivity contribution in [1.82, 2.24) is 20.2 Å². The smallest absolute Gasteiger partial charge is 0.319 e. The Labute approximate surface area is 272 Å².